The number of nitrogens with zero attached hydrogens (tertiary/aromatic N) is 6. The number of aromatic nitrogens is 4. The van der Waals surface area contributed by atoms with Gasteiger partial charge >= 0.3 is 0 Å². The second-order valence-electron chi connectivity index (χ2n) is 6.83. The van der Waals surface area contributed by atoms with Gasteiger partial charge in [-0.15, -0.1) is 0 Å². The van der Waals surface area contributed by atoms with E-state index in [9.17, 15) is 0 Å². The molecule has 2 aromatic rings. The van der Waals surface area contributed by atoms with Crippen LogP contribution in [0.4, 0.5) is 17.6 Å². The quantitative estimate of drug-likeness (QED) is 0.746. The molecule has 0 aromatic carbocycles. The van der Waals surface area contributed by atoms with E-state index in [1.165, 1.54) is 5.56 Å². The van der Waals surface area contributed by atoms with Crippen LogP contribution in [0.3, 0.4) is 0 Å². The van der Waals surface area contributed by atoms with E-state index in [1.54, 1.807) is 6.20 Å². The Hall–Kier alpha value is -2.23. The zero-order valence-corrected chi connectivity index (χ0v) is 15.5. The Labute approximate surface area is 161 Å². The molecule has 10 heteroatoms. The van der Waals surface area contributed by atoms with E-state index in [4.69, 9.17) is 36.8 Å². The smallest absolute Gasteiger partial charge is 0.221 e. The van der Waals surface area contributed by atoms with Crippen molar-refractivity contribution in [2.24, 2.45) is 0 Å². The van der Waals surface area contributed by atoms with E-state index < -0.39 is 0 Å². The molecule has 2 N–H and O–H groups in total. The molecule has 9 nitrogen and oxygen atoms in total. The summed E-state index contributed by atoms with van der Waals surface area (Å²) >= 11 is 6.31. The molecule has 142 valence electrons. The van der Waals surface area contributed by atoms with Crippen LogP contribution in [0.2, 0.25) is 5.15 Å². The molecule has 0 unspecified atom stereocenters. The Kier molecular flexibility index (Phi) is 4.22. The summed E-state index contributed by atoms with van der Waals surface area (Å²) in [4.78, 5) is 22.4. The predicted molar refractivity (Wildman–Crippen MR) is 101 cm³/mol. The molecule has 0 spiro atoms. The second-order valence-corrected chi connectivity index (χ2v) is 7.19. The third-order valence-electron chi connectivity index (χ3n) is 5.22. The summed E-state index contributed by atoms with van der Waals surface area (Å²) in [6.45, 7) is 5.22. The van der Waals surface area contributed by atoms with Crippen molar-refractivity contribution in [3.05, 3.63) is 16.9 Å². The van der Waals surface area contributed by atoms with Gasteiger partial charge < -0.3 is 25.0 Å². The van der Waals surface area contributed by atoms with Crippen molar-refractivity contribution < 1.29 is 9.47 Å². The van der Waals surface area contributed by atoms with E-state index in [0.29, 0.717) is 43.9 Å². The Balaban J connectivity index is 1.64. The molecule has 0 saturated carbocycles. The lowest BCUT2D eigenvalue weighted by atomic mass is 10.1. The molecule has 3 aliphatic rings. The van der Waals surface area contributed by atoms with Gasteiger partial charge in [-0.05, 0) is 0 Å². The first-order valence-electron chi connectivity index (χ1n) is 9.07. The molecule has 2 aromatic heterocycles. The summed E-state index contributed by atoms with van der Waals surface area (Å²) in [5.41, 5.74) is 7.39. The summed E-state index contributed by atoms with van der Waals surface area (Å²) in [5.74, 6) is 2.56. The minimum Gasteiger partial charge on any atom is -0.378 e. The molecule has 0 aliphatic carbocycles. The first kappa shape index (κ1) is 16.9. The maximum Gasteiger partial charge on any atom is 0.221 e. The predicted octanol–water partition coefficient (Wildman–Crippen LogP) is 0.767. The fourth-order valence-corrected chi connectivity index (χ4v) is 4.12. The number of halogens is 1. The number of nitrogens with two attached hydrogens (primary N) is 1. The number of rotatable bonds is 2. The van der Waals surface area contributed by atoms with Crippen LogP contribution in [0, 0.1) is 0 Å². The zero-order valence-electron chi connectivity index (χ0n) is 14.8. The van der Waals surface area contributed by atoms with Crippen molar-refractivity contribution in [3.8, 4) is 11.4 Å². The van der Waals surface area contributed by atoms with E-state index in [0.717, 1.165) is 37.7 Å². The molecule has 0 bridgehead atoms. The molecule has 3 aliphatic heterocycles. The van der Waals surface area contributed by atoms with Crippen molar-refractivity contribution >= 4 is 29.2 Å². The standard InChI is InChI=1S/C17H20ClN7O2/c18-13-12(8-20-17(19)21-13)14-22-15(24-1-4-26-5-2-24)11-7-10-9-27-6-3-25(10)16(11)23-14/h8,10H,1-7,9H2,(H2,19,20,21)/t10-/m1/s1. The maximum atomic E-state index is 6.31. The highest BCUT2D eigenvalue weighted by Gasteiger charge is 2.37. The molecular formula is C17H20ClN7O2. The van der Waals surface area contributed by atoms with Crippen molar-refractivity contribution in [2.75, 3.05) is 61.6 Å². The van der Waals surface area contributed by atoms with Crippen molar-refractivity contribution in [3.63, 3.8) is 0 Å². The lowest BCUT2D eigenvalue weighted by Crippen LogP contribution is -2.43. The Morgan fingerprint density at radius 2 is 1.81 bits per heavy atom. The van der Waals surface area contributed by atoms with Gasteiger partial charge in [-0.25, -0.2) is 19.9 Å². The van der Waals surface area contributed by atoms with Crippen LogP contribution in [0.1, 0.15) is 5.56 Å². The molecule has 0 amide bonds. The van der Waals surface area contributed by atoms with Gasteiger partial charge in [-0.2, -0.15) is 0 Å². The van der Waals surface area contributed by atoms with Crippen LogP contribution >= 0.6 is 11.6 Å². The van der Waals surface area contributed by atoms with Gasteiger partial charge in [-0.1, -0.05) is 11.6 Å². The Morgan fingerprint density at radius 3 is 2.63 bits per heavy atom. The fraction of sp³-hybridized carbons (Fsp3) is 0.529. The number of hydrogen-bond donors (Lipinski definition) is 1. The number of nitrogen functional groups attached to an aromatic ring is 1. The zero-order chi connectivity index (χ0) is 18.4. The largest absolute Gasteiger partial charge is 0.378 e. The Bertz CT molecular complexity index is 875. The molecule has 5 heterocycles. The highest BCUT2D eigenvalue weighted by atomic mass is 35.5. The normalized spacial score (nSPS) is 21.9. The third-order valence-corrected chi connectivity index (χ3v) is 5.50. The summed E-state index contributed by atoms with van der Waals surface area (Å²) in [6, 6.07) is 0.302. The average Bonchev–Trinajstić information content (AvgIpc) is 3.07. The monoisotopic (exact) mass is 389 g/mol. The average molecular weight is 390 g/mol. The lowest BCUT2D eigenvalue weighted by molar-refractivity contribution is 0.0973. The van der Waals surface area contributed by atoms with Gasteiger partial charge in [0.15, 0.2) is 5.82 Å². The second kappa shape index (κ2) is 6.74. The molecule has 0 radical (unpaired) electrons. The molecular weight excluding hydrogens is 370 g/mol. The van der Waals surface area contributed by atoms with Crippen molar-refractivity contribution in [1.82, 2.24) is 19.9 Å². The van der Waals surface area contributed by atoms with Gasteiger partial charge in [-0.3, -0.25) is 0 Å². The van der Waals surface area contributed by atoms with Gasteiger partial charge in [0.1, 0.15) is 16.8 Å². The third kappa shape index (κ3) is 2.95. The molecule has 27 heavy (non-hydrogen) atoms. The fourth-order valence-electron chi connectivity index (χ4n) is 3.90. The molecule has 2 fully saturated rings. The minimum absolute atomic E-state index is 0.131. The topological polar surface area (TPSA) is 103 Å². The van der Waals surface area contributed by atoms with E-state index in [1.807, 2.05) is 0 Å². The van der Waals surface area contributed by atoms with E-state index in [-0.39, 0.29) is 11.1 Å². The summed E-state index contributed by atoms with van der Waals surface area (Å²) in [6.07, 6.45) is 2.47. The number of fused-ring (bicyclic) bond motifs is 3. The van der Waals surface area contributed by atoms with Crippen LogP contribution < -0.4 is 15.5 Å². The summed E-state index contributed by atoms with van der Waals surface area (Å²) < 4.78 is 11.2. The number of hydrogen-bond acceptors (Lipinski definition) is 9. The summed E-state index contributed by atoms with van der Waals surface area (Å²) in [7, 11) is 0. The number of ether oxygens (including phenoxy) is 2. The van der Waals surface area contributed by atoms with E-state index >= 15 is 0 Å². The van der Waals surface area contributed by atoms with Gasteiger partial charge in [0.05, 0.1) is 38.0 Å². The van der Waals surface area contributed by atoms with Crippen molar-refractivity contribution in [1.29, 1.82) is 0 Å². The van der Waals surface area contributed by atoms with Gasteiger partial charge in [0.25, 0.3) is 0 Å². The Morgan fingerprint density at radius 1 is 1.04 bits per heavy atom. The van der Waals surface area contributed by atoms with Gasteiger partial charge in [0.2, 0.25) is 5.95 Å². The molecule has 1 atom stereocenters. The maximum absolute atomic E-state index is 6.31. The lowest BCUT2D eigenvalue weighted by Gasteiger charge is -2.31. The van der Waals surface area contributed by atoms with Crippen LogP contribution in [-0.2, 0) is 15.9 Å². The van der Waals surface area contributed by atoms with Crippen LogP contribution in [-0.4, -0.2) is 72.0 Å². The highest BCUT2D eigenvalue weighted by molar-refractivity contribution is 6.32. The molecule has 2 saturated heterocycles. The minimum atomic E-state index is 0.131. The summed E-state index contributed by atoms with van der Waals surface area (Å²) in [5, 5.41) is 0.256. The number of anilines is 3. The van der Waals surface area contributed by atoms with Crippen LogP contribution in [0.15, 0.2) is 6.20 Å². The van der Waals surface area contributed by atoms with Crippen LogP contribution in [0.25, 0.3) is 11.4 Å². The highest BCUT2D eigenvalue weighted by Crippen LogP contribution is 2.39. The molecule has 5 rings (SSSR count). The van der Waals surface area contributed by atoms with Crippen molar-refractivity contribution in [2.45, 2.75) is 12.5 Å². The van der Waals surface area contributed by atoms with E-state index in [2.05, 4.69) is 19.8 Å². The first-order chi connectivity index (χ1) is 13.2. The van der Waals surface area contributed by atoms with Crippen LogP contribution in [0.5, 0.6) is 0 Å². The SMILES string of the molecule is Nc1ncc(-c2nc(N3CCOCC3)c3c(n2)N2CCOC[C@H]2C3)c(Cl)n1. The first-order valence-corrected chi connectivity index (χ1v) is 9.45. The number of morpholine rings is 2. The van der Waals surface area contributed by atoms with Gasteiger partial charge in [0, 0.05) is 37.8 Å².